The van der Waals surface area contributed by atoms with E-state index in [1.807, 2.05) is 61.5 Å². The van der Waals surface area contributed by atoms with Gasteiger partial charge in [-0.05, 0) is 54.0 Å². The maximum absolute atomic E-state index is 13.5. The fourth-order valence-electron chi connectivity index (χ4n) is 4.42. The van der Waals surface area contributed by atoms with Gasteiger partial charge in [0.2, 0.25) is 0 Å². The first-order valence-corrected chi connectivity index (χ1v) is 15.4. The van der Waals surface area contributed by atoms with Gasteiger partial charge in [0.05, 0.1) is 34.5 Å². The smallest absolute Gasteiger partial charge is 0.488 e. The van der Waals surface area contributed by atoms with Crippen LogP contribution in [0.1, 0.15) is 13.3 Å². The lowest BCUT2D eigenvalue weighted by atomic mass is 9.80. The van der Waals surface area contributed by atoms with E-state index in [0.717, 1.165) is 27.9 Å². The van der Waals surface area contributed by atoms with Crippen molar-refractivity contribution in [3.05, 3.63) is 114 Å². The summed E-state index contributed by atoms with van der Waals surface area (Å²) in [6, 6.07) is 28.5. The quantitative estimate of drug-likeness (QED) is 0.135. The summed E-state index contributed by atoms with van der Waals surface area (Å²) in [7, 11) is 4.76. The number of hydrogen-bond donors (Lipinski definition) is 2. The minimum Gasteiger partial charge on any atom is -0.494 e. The third kappa shape index (κ3) is 10.5. The SMILES string of the molecule is CCC#N.COc1cc2cccc(OC)c2nc1-c1cccc(F)c1.COc1cc2cccc(OC)c2nc1Cl.OB(O)c1cccc(F)c1. The number of halogens is 3. The summed E-state index contributed by atoms with van der Waals surface area (Å²) in [4.78, 5) is 8.84. The summed E-state index contributed by atoms with van der Waals surface area (Å²) in [5, 5.41) is 26.9. The van der Waals surface area contributed by atoms with E-state index in [1.165, 1.54) is 30.3 Å². The minimum atomic E-state index is -1.59. The number of fused-ring (bicyclic) bond motifs is 2. The van der Waals surface area contributed by atoms with Gasteiger partial charge in [-0.15, -0.1) is 0 Å². The Hall–Kier alpha value is -5.48. The van der Waals surface area contributed by atoms with Crippen LogP contribution in [-0.4, -0.2) is 55.6 Å². The topological polar surface area (TPSA) is 127 Å². The number of ether oxygens (including phenoxy) is 4. The van der Waals surface area contributed by atoms with E-state index in [-0.39, 0.29) is 11.3 Å². The standard InChI is InChI=1S/C17H14FNO2.C11H10ClNO2.C6H6BFO2.C3H5N/c1-20-14-8-4-6-12-10-15(21-2)17(19-16(12)14)11-5-3-7-13(18)9-11;1-14-8-5-3-4-7-6-9(15-2)11(12)13-10(7)8;8-6-3-1-2-5(4-6)7(9)10;1-2-3-4/h3-10H,1-2H3;3-6H,1-2H3;1-4,9-10H;2H2,1H3. The molecule has 0 fully saturated rings. The summed E-state index contributed by atoms with van der Waals surface area (Å²) >= 11 is 5.94. The van der Waals surface area contributed by atoms with Crippen LogP contribution in [0.4, 0.5) is 8.78 Å². The molecule has 6 rings (SSSR count). The van der Waals surface area contributed by atoms with Crippen LogP contribution in [0.15, 0.2) is 97.1 Å². The maximum atomic E-state index is 13.5. The Morgan fingerprint density at radius 2 is 1.16 bits per heavy atom. The average molecular weight is 702 g/mol. The zero-order chi connectivity index (χ0) is 36.6. The number of methoxy groups -OCH3 is 4. The van der Waals surface area contributed by atoms with Gasteiger partial charge in [-0.25, -0.2) is 18.7 Å². The third-order valence-electron chi connectivity index (χ3n) is 6.79. The normalized spacial score (nSPS) is 9.86. The number of aromatic nitrogens is 2. The number of nitriles is 1. The van der Waals surface area contributed by atoms with E-state index < -0.39 is 12.9 Å². The molecule has 0 saturated carbocycles. The highest BCUT2D eigenvalue weighted by Crippen LogP contribution is 2.35. The van der Waals surface area contributed by atoms with Crippen LogP contribution in [0.2, 0.25) is 5.15 Å². The molecule has 0 bridgehead atoms. The van der Waals surface area contributed by atoms with Crippen LogP contribution >= 0.6 is 11.6 Å². The number of para-hydroxylation sites is 2. The highest BCUT2D eigenvalue weighted by molar-refractivity contribution is 6.58. The van der Waals surface area contributed by atoms with Gasteiger partial charge in [0.25, 0.3) is 0 Å². The molecule has 0 atom stereocenters. The van der Waals surface area contributed by atoms with Gasteiger partial charge in [-0.3, -0.25) is 0 Å². The van der Waals surface area contributed by atoms with E-state index in [4.69, 9.17) is 45.9 Å². The predicted molar refractivity (Wildman–Crippen MR) is 192 cm³/mol. The minimum absolute atomic E-state index is 0.167. The molecular weight excluding hydrogens is 667 g/mol. The molecule has 0 amide bonds. The van der Waals surface area contributed by atoms with Crippen molar-refractivity contribution in [2.45, 2.75) is 13.3 Å². The lowest BCUT2D eigenvalue weighted by molar-refractivity contribution is 0.412. The predicted octanol–water partition coefficient (Wildman–Crippen LogP) is 7.39. The van der Waals surface area contributed by atoms with Gasteiger partial charge >= 0.3 is 7.12 Å². The number of nitrogens with zero attached hydrogens (tertiary/aromatic N) is 3. The van der Waals surface area contributed by atoms with Crippen molar-refractivity contribution in [2.75, 3.05) is 28.4 Å². The van der Waals surface area contributed by atoms with E-state index in [1.54, 1.807) is 40.6 Å². The van der Waals surface area contributed by atoms with Crippen LogP contribution in [0.3, 0.4) is 0 Å². The van der Waals surface area contributed by atoms with Crippen LogP contribution in [-0.2, 0) is 0 Å². The summed E-state index contributed by atoms with van der Waals surface area (Å²) in [5.41, 5.74) is 2.89. The van der Waals surface area contributed by atoms with E-state index in [2.05, 4.69) is 9.97 Å². The Morgan fingerprint density at radius 3 is 1.62 bits per heavy atom. The molecule has 0 aliphatic carbocycles. The summed E-state index contributed by atoms with van der Waals surface area (Å²) in [6.07, 6.45) is 0.625. The van der Waals surface area contributed by atoms with Crippen molar-refractivity contribution in [1.82, 2.24) is 9.97 Å². The first kappa shape index (κ1) is 39.0. The molecule has 6 aromatic rings. The van der Waals surface area contributed by atoms with E-state index >= 15 is 0 Å². The summed E-state index contributed by atoms with van der Waals surface area (Å²) in [5.74, 6) is 1.77. The molecule has 2 N–H and O–H groups in total. The lowest BCUT2D eigenvalue weighted by Gasteiger charge is -2.11. The van der Waals surface area contributed by atoms with E-state index in [0.29, 0.717) is 45.8 Å². The Morgan fingerprint density at radius 1 is 0.680 bits per heavy atom. The number of pyridine rings is 2. The molecule has 0 spiro atoms. The summed E-state index contributed by atoms with van der Waals surface area (Å²) < 4.78 is 46.8. The molecule has 0 unspecified atom stereocenters. The lowest BCUT2D eigenvalue weighted by Crippen LogP contribution is -2.29. The number of hydrogen-bond acceptors (Lipinski definition) is 9. The van der Waals surface area contributed by atoms with E-state index in [9.17, 15) is 8.78 Å². The van der Waals surface area contributed by atoms with Crippen LogP contribution < -0.4 is 24.4 Å². The highest BCUT2D eigenvalue weighted by Gasteiger charge is 2.13. The Kier molecular flexibility index (Phi) is 15.2. The van der Waals surface area contributed by atoms with Crippen molar-refractivity contribution in [3.8, 4) is 40.3 Å². The molecule has 4 aromatic carbocycles. The Bertz CT molecular complexity index is 2060. The monoisotopic (exact) mass is 701 g/mol. The average Bonchev–Trinajstić information content (AvgIpc) is 3.14. The van der Waals surface area contributed by atoms with Gasteiger partial charge < -0.3 is 29.0 Å². The fraction of sp³-hybridized carbons (Fsp3) is 0.162. The Labute approximate surface area is 294 Å². The molecule has 50 heavy (non-hydrogen) atoms. The molecule has 258 valence electrons. The first-order valence-electron chi connectivity index (χ1n) is 15.0. The number of rotatable bonds is 6. The first-order chi connectivity index (χ1) is 24.1. The van der Waals surface area contributed by atoms with Crippen LogP contribution in [0, 0.1) is 23.0 Å². The van der Waals surface area contributed by atoms with Crippen LogP contribution in [0.25, 0.3) is 33.1 Å². The molecule has 0 saturated heterocycles. The van der Waals surface area contributed by atoms with Crippen molar-refractivity contribution < 1.29 is 37.8 Å². The highest BCUT2D eigenvalue weighted by atomic mass is 35.5. The molecule has 0 aliphatic heterocycles. The van der Waals surface area contributed by atoms with Gasteiger partial charge in [0, 0.05) is 22.8 Å². The Balaban J connectivity index is 0.000000204. The van der Waals surface area contributed by atoms with Crippen molar-refractivity contribution in [1.29, 1.82) is 5.26 Å². The van der Waals surface area contributed by atoms with Gasteiger partial charge in [0.15, 0.2) is 10.9 Å². The third-order valence-corrected chi connectivity index (χ3v) is 7.06. The molecule has 2 heterocycles. The van der Waals surface area contributed by atoms with Crippen LogP contribution in [0.5, 0.6) is 23.0 Å². The molecule has 2 aromatic heterocycles. The molecule has 13 heteroatoms. The van der Waals surface area contributed by atoms with Crippen molar-refractivity contribution in [3.63, 3.8) is 0 Å². The fourth-order valence-corrected chi connectivity index (χ4v) is 4.64. The summed E-state index contributed by atoms with van der Waals surface area (Å²) in [6.45, 7) is 1.82. The van der Waals surface area contributed by atoms with Gasteiger partial charge in [-0.2, -0.15) is 5.26 Å². The molecule has 0 aliphatic rings. The second-order valence-electron chi connectivity index (χ2n) is 10.0. The van der Waals surface area contributed by atoms with Crippen molar-refractivity contribution in [2.24, 2.45) is 0 Å². The molecule has 9 nitrogen and oxygen atoms in total. The molecular formula is C37H35BClF2N3O6. The zero-order valence-corrected chi connectivity index (χ0v) is 28.8. The second-order valence-corrected chi connectivity index (χ2v) is 10.4. The van der Waals surface area contributed by atoms with Gasteiger partial charge in [-0.1, -0.05) is 67.1 Å². The largest absolute Gasteiger partial charge is 0.494 e. The second kappa shape index (κ2) is 19.5. The zero-order valence-electron chi connectivity index (χ0n) is 28.0. The molecule has 0 radical (unpaired) electrons. The van der Waals surface area contributed by atoms with Gasteiger partial charge in [0.1, 0.15) is 45.6 Å². The maximum Gasteiger partial charge on any atom is 0.488 e. The number of benzene rings is 4. The van der Waals surface area contributed by atoms with Crippen molar-refractivity contribution >= 4 is 46.0 Å².